The molecule has 5 heteroatoms. The van der Waals surface area contributed by atoms with Gasteiger partial charge in [-0.15, -0.1) is 0 Å². The van der Waals surface area contributed by atoms with Crippen LogP contribution >= 0.6 is 11.6 Å². The Morgan fingerprint density at radius 1 is 1.27 bits per heavy atom. The minimum absolute atomic E-state index is 0. The van der Waals surface area contributed by atoms with Crippen molar-refractivity contribution >= 4 is 74.1 Å². The molecule has 0 heterocycles. The summed E-state index contributed by atoms with van der Waals surface area (Å²) in [4.78, 5) is 0.365. The molecule has 0 fully saturated rings. The molecule has 1 aromatic rings. The van der Waals surface area contributed by atoms with Crippen LogP contribution in [0, 0.1) is 0 Å². The summed E-state index contributed by atoms with van der Waals surface area (Å²) < 4.78 is 18.9. The van der Waals surface area contributed by atoms with E-state index in [1.807, 2.05) is 0 Å². The predicted molar refractivity (Wildman–Crippen MR) is 46.2 cm³/mol. The molecule has 1 aromatic carbocycles. The van der Waals surface area contributed by atoms with Gasteiger partial charge in [-0.3, -0.25) is 0 Å². The second-order valence-corrected chi connectivity index (χ2v) is 3.11. The van der Waals surface area contributed by atoms with Crippen LogP contribution in [-0.4, -0.2) is 60.1 Å². The molecular formula is C6H5ClKO2S. The largest absolute Gasteiger partial charge is 0.302 e. The number of halogens is 1. The van der Waals surface area contributed by atoms with Crippen LogP contribution in [0.1, 0.15) is 0 Å². The van der Waals surface area contributed by atoms with Gasteiger partial charge in [0, 0.05) is 56.4 Å². The number of hydrogen-bond acceptors (Lipinski definition) is 1. The molecule has 1 unspecified atom stereocenters. The molecule has 2 nitrogen and oxygen atoms in total. The molecule has 0 aliphatic heterocycles. The van der Waals surface area contributed by atoms with E-state index in [0.29, 0.717) is 9.92 Å². The number of rotatable bonds is 1. The molecule has 1 rings (SSSR count). The molecule has 0 aliphatic carbocycles. The fraction of sp³-hybridized carbons (Fsp3) is 0. The summed E-state index contributed by atoms with van der Waals surface area (Å²) in [6, 6.07) is 6.17. The Morgan fingerprint density at radius 2 is 1.73 bits per heavy atom. The minimum Gasteiger partial charge on any atom is -0.302 e. The summed E-state index contributed by atoms with van der Waals surface area (Å²) in [5.41, 5.74) is 0. The average molecular weight is 216 g/mol. The molecule has 55 valence electrons. The van der Waals surface area contributed by atoms with Gasteiger partial charge in [-0.05, 0) is 24.3 Å². The van der Waals surface area contributed by atoms with Gasteiger partial charge in [0.15, 0.2) is 11.1 Å². The Kier molecular flexibility index (Phi) is 6.49. The Balaban J connectivity index is 0.000001000. The normalized spacial score (nSPS) is 11.8. The van der Waals surface area contributed by atoms with E-state index in [1.54, 1.807) is 12.1 Å². The number of benzene rings is 1. The van der Waals surface area contributed by atoms with Gasteiger partial charge >= 0.3 is 0 Å². The summed E-state index contributed by atoms with van der Waals surface area (Å²) in [6.45, 7) is 0. The van der Waals surface area contributed by atoms with E-state index in [-0.39, 0.29) is 51.4 Å². The van der Waals surface area contributed by atoms with Crippen LogP contribution in [0.5, 0.6) is 0 Å². The van der Waals surface area contributed by atoms with Crippen LogP contribution < -0.4 is 0 Å². The SMILES string of the molecule is O=S(O)c1ccc(Cl)cc1.[K]. The Labute approximate surface area is 115 Å². The van der Waals surface area contributed by atoms with Gasteiger partial charge in [0.25, 0.3) is 0 Å². The standard InChI is InChI=1S/C6H5ClO2S.K/c7-5-1-3-6(4-2-5)10(8)9;/h1-4H,(H,8,9);. The second-order valence-electron chi connectivity index (χ2n) is 1.70. The summed E-state index contributed by atoms with van der Waals surface area (Å²) in [5, 5.41) is 0.564. The quantitative estimate of drug-likeness (QED) is 0.570. The first-order valence-electron chi connectivity index (χ1n) is 2.56. The van der Waals surface area contributed by atoms with Crippen LogP contribution in [0.15, 0.2) is 29.2 Å². The second kappa shape index (κ2) is 5.83. The Morgan fingerprint density at radius 3 is 2.09 bits per heavy atom. The fourth-order valence-electron chi connectivity index (χ4n) is 0.551. The summed E-state index contributed by atoms with van der Waals surface area (Å²) in [5.74, 6) is 0. The molecule has 11 heavy (non-hydrogen) atoms. The molecule has 1 N–H and O–H groups in total. The molecule has 1 radical (unpaired) electrons. The molecule has 1 atom stereocenters. The molecule has 0 saturated heterocycles. The van der Waals surface area contributed by atoms with Crippen LogP contribution in [0.25, 0.3) is 0 Å². The van der Waals surface area contributed by atoms with E-state index in [2.05, 4.69) is 0 Å². The van der Waals surface area contributed by atoms with E-state index in [9.17, 15) is 4.21 Å². The Bertz CT molecular complexity index is 249. The molecule has 0 saturated carbocycles. The topological polar surface area (TPSA) is 37.3 Å². The first-order valence-corrected chi connectivity index (χ1v) is 4.05. The van der Waals surface area contributed by atoms with E-state index in [1.165, 1.54) is 12.1 Å². The predicted octanol–water partition coefficient (Wildman–Crippen LogP) is 1.54. The van der Waals surface area contributed by atoms with Crippen molar-refractivity contribution < 1.29 is 8.76 Å². The van der Waals surface area contributed by atoms with E-state index in [4.69, 9.17) is 16.2 Å². The van der Waals surface area contributed by atoms with Crippen molar-refractivity contribution in [3.63, 3.8) is 0 Å². The number of hydrogen-bond donors (Lipinski definition) is 1. The van der Waals surface area contributed by atoms with Crippen molar-refractivity contribution in [1.82, 2.24) is 0 Å². The van der Waals surface area contributed by atoms with Gasteiger partial charge in [0.2, 0.25) is 0 Å². The molecular weight excluding hydrogens is 211 g/mol. The van der Waals surface area contributed by atoms with Gasteiger partial charge in [-0.2, -0.15) is 0 Å². The zero-order valence-electron chi connectivity index (χ0n) is 5.95. The molecule has 0 aliphatic rings. The smallest absolute Gasteiger partial charge is 0.186 e. The van der Waals surface area contributed by atoms with Crippen molar-refractivity contribution in [3.05, 3.63) is 29.3 Å². The van der Waals surface area contributed by atoms with Crippen molar-refractivity contribution in [2.75, 3.05) is 0 Å². The Hall–Kier alpha value is 1.26. The first-order chi connectivity index (χ1) is 4.70. The zero-order chi connectivity index (χ0) is 7.56. The van der Waals surface area contributed by atoms with Gasteiger partial charge in [-0.25, -0.2) is 4.21 Å². The summed E-state index contributed by atoms with van der Waals surface area (Å²) in [7, 11) is 0. The molecule has 0 bridgehead atoms. The van der Waals surface area contributed by atoms with E-state index < -0.39 is 11.1 Å². The maximum atomic E-state index is 10.4. The maximum absolute atomic E-state index is 10.4. The van der Waals surface area contributed by atoms with Crippen LogP contribution in [0.3, 0.4) is 0 Å². The third-order valence-corrected chi connectivity index (χ3v) is 1.94. The zero-order valence-corrected chi connectivity index (χ0v) is 10.6. The van der Waals surface area contributed by atoms with Gasteiger partial charge in [0.1, 0.15) is 0 Å². The molecule has 0 aromatic heterocycles. The van der Waals surface area contributed by atoms with Crippen molar-refractivity contribution in [2.45, 2.75) is 4.90 Å². The van der Waals surface area contributed by atoms with Crippen LogP contribution in [0.4, 0.5) is 0 Å². The fourth-order valence-corrected chi connectivity index (χ4v) is 1.05. The minimum atomic E-state index is -1.90. The van der Waals surface area contributed by atoms with E-state index >= 15 is 0 Å². The summed E-state index contributed by atoms with van der Waals surface area (Å²) >= 11 is 3.64. The van der Waals surface area contributed by atoms with Gasteiger partial charge in [0.05, 0.1) is 4.90 Å². The van der Waals surface area contributed by atoms with Gasteiger partial charge in [-0.1, -0.05) is 11.6 Å². The molecule has 0 amide bonds. The third kappa shape index (κ3) is 4.14. The first kappa shape index (κ1) is 12.3. The molecule has 0 spiro atoms. The maximum Gasteiger partial charge on any atom is 0.186 e. The third-order valence-electron chi connectivity index (χ3n) is 1.02. The average Bonchev–Trinajstić information content (AvgIpc) is 1.88. The van der Waals surface area contributed by atoms with Crippen molar-refractivity contribution in [2.24, 2.45) is 0 Å². The van der Waals surface area contributed by atoms with Crippen molar-refractivity contribution in [1.29, 1.82) is 0 Å². The van der Waals surface area contributed by atoms with E-state index in [0.717, 1.165) is 0 Å². The van der Waals surface area contributed by atoms with Crippen LogP contribution in [0.2, 0.25) is 5.02 Å². The van der Waals surface area contributed by atoms with Crippen molar-refractivity contribution in [3.8, 4) is 0 Å². The monoisotopic (exact) mass is 215 g/mol. The van der Waals surface area contributed by atoms with Crippen LogP contribution in [-0.2, 0) is 11.1 Å². The summed E-state index contributed by atoms with van der Waals surface area (Å²) in [6.07, 6.45) is 0. The van der Waals surface area contributed by atoms with Gasteiger partial charge < -0.3 is 4.55 Å².